The Hall–Kier alpha value is -1.83. The Morgan fingerprint density at radius 3 is 2.33 bits per heavy atom. The minimum Gasteiger partial charge on any atom is -0.505 e. The number of phenolic OH excluding ortho intramolecular Hbond substituents is 1. The molecule has 15 heavy (non-hydrogen) atoms. The van der Waals surface area contributed by atoms with Crippen molar-refractivity contribution in [3.8, 4) is 5.75 Å². The van der Waals surface area contributed by atoms with Crippen LogP contribution in [0.4, 0.5) is 4.39 Å². The number of benzene rings is 2. The average Bonchev–Trinajstić information content (AvgIpc) is 2.25. The summed E-state index contributed by atoms with van der Waals surface area (Å²) < 4.78 is 13.0. The van der Waals surface area contributed by atoms with Crippen LogP contribution >= 0.6 is 0 Å². The van der Waals surface area contributed by atoms with Crippen molar-refractivity contribution in [3.63, 3.8) is 0 Å². The summed E-state index contributed by atoms with van der Waals surface area (Å²) in [5.41, 5.74) is 1.99. The predicted octanol–water partition coefficient (Wildman–Crippen LogP) is 3.12. The molecular formula is C13H11FO. The van der Waals surface area contributed by atoms with Gasteiger partial charge in [-0.1, -0.05) is 36.4 Å². The number of hydrogen-bond acceptors (Lipinski definition) is 1. The van der Waals surface area contributed by atoms with E-state index in [2.05, 4.69) is 0 Å². The van der Waals surface area contributed by atoms with E-state index in [1.165, 1.54) is 12.1 Å². The number of phenols is 1. The molecule has 1 N–H and O–H groups in total. The minimum atomic E-state index is -0.566. The molecule has 0 atom stereocenters. The van der Waals surface area contributed by atoms with Crippen molar-refractivity contribution >= 4 is 0 Å². The molecule has 0 aliphatic rings. The van der Waals surface area contributed by atoms with Crippen LogP contribution in [0.1, 0.15) is 11.1 Å². The second-order valence-corrected chi connectivity index (χ2v) is 3.45. The maximum atomic E-state index is 13.0. The Morgan fingerprint density at radius 2 is 1.67 bits per heavy atom. The van der Waals surface area contributed by atoms with Crippen molar-refractivity contribution in [2.24, 2.45) is 0 Å². The molecule has 1 nitrogen and oxygen atoms in total. The topological polar surface area (TPSA) is 20.2 Å². The summed E-state index contributed by atoms with van der Waals surface area (Å²) in [7, 11) is 0. The number of halogens is 1. The third kappa shape index (κ3) is 2.34. The van der Waals surface area contributed by atoms with Gasteiger partial charge in [-0.15, -0.1) is 0 Å². The Labute approximate surface area is 87.8 Å². The Balaban J connectivity index is 2.22. The van der Waals surface area contributed by atoms with Crippen molar-refractivity contribution in [2.45, 2.75) is 6.42 Å². The van der Waals surface area contributed by atoms with Crippen molar-refractivity contribution in [1.82, 2.24) is 0 Å². The van der Waals surface area contributed by atoms with Gasteiger partial charge in [0.1, 0.15) is 0 Å². The van der Waals surface area contributed by atoms with Crippen LogP contribution in [0.2, 0.25) is 0 Å². The highest BCUT2D eigenvalue weighted by Gasteiger charge is 2.01. The van der Waals surface area contributed by atoms with Gasteiger partial charge in [-0.2, -0.15) is 0 Å². The molecule has 76 valence electrons. The molecule has 2 heteroatoms. The molecule has 0 heterocycles. The second kappa shape index (κ2) is 4.13. The summed E-state index contributed by atoms with van der Waals surface area (Å²) >= 11 is 0. The van der Waals surface area contributed by atoms with Crippen LogP contribution in [0, 0.1) is 5.82 Å². The number of rotatable bonds is 2. The van der Waals surface area contributed by atoms with E-state index in [4.69, 9.17) is 5.11 Å². The molecule has 0 aliphatic carbocycles. The van der Waals surface area contributed by atoms with E-state index in [9.17, 15) is 4.39 Å². The molecule has 0 bridgehead atoms. The fourth-order valence-electron chi connectivity index (χ4n) is 1.49. The highest BCUT2D eigenvalue weighted by Crippen LogP contribution is 2.18. The maximum absolute atomic E-state index is 13.0. The van der Waals surface area contributed by atoms with Gasteiger partial charge >= 0.3 is 0 Å². The normalized spacial score (nSPS) is 10.2. The average molecular weight is 202 g/mol. The van der Waals surface area contributed by atoms with Crippen LogP contribution in [-0.2, 0) is 6.42 Å². The van der Waals surface area contributed by atoms with Crippen molar-refractivity contribution in [1.29, 1.82) is 0 Å². The molecule has 0 radical (unpaired) electrons. The van der Waals surface area contributed by atoms with Gasteiger partial charge in [0.15, 0.2) is 11.6 Å². The van der Waals surface area contributed by atoms with Gasteiger partial charge in [0.05, 0.1) is 0 Å². The molecule has 0 saturated carbocycles. The zero-order valence-corrected chi connectivity index (χ0v) is 8.15. The summed E-state index contributed by atoms with van der Waals surface area (Å²) in [6, 6.07) is 14.3. The smallest absolute Gasteiger partial charge is 0.165 e. The quantitative estimate of drug-likeness (QED) is 0.793. The predicted molar refractivity (Wildman–Crippen MR) is 57.3 cm³/mol. The van der Waals surface area contributed by atoms with Gasteiger partial charge in [0, 0.05) is 0 Å². The highest BCUT2D eigenvalue weighted by atomic mass is 19.1. The minimum absolute atomic E-state index is 0.299. The summed E-state index contributed by atoms with van der Waals surface area (Å²) in [4.78, 5) is 0. The molecule has 0 spiro atoms. The van der Waals surface area contributed by atoms with Crippen molar-refractivity contribution in [3.05, 3.63) is 65.5 Å². The number of hydrogen-bond donors (Lipinski definition) is 1. The van der Waals surface area contributed by atoms with Crippen LogP contribution in [0.5, 0.6) is 5.75 Å². The lowest BCUT2D eigenvalue weighted by Crippen LogP contribution is -1.88. The largest absolute Gasteiger partial charge is 0.505 e. The van der Waals surface area contributed by atoms with Crippen molar-refractivity contribution < 1.29 is 9.50 Å². The highest BCUT2D eigenvalue weighted by molar-refractivity contribution is 5.31. The third-order valence-electron chi connectivity index (χ3n) is 2.26. The van der Waals surface area contributed by atoms with E-state index in [0.29, 0.717) is 6.42 Å². The van der Waals surface area contributed by atoms with E-state index in [1.54, 1.807) is 6.07 Å². The molecular weight excluding hydrogens is 191 g/mol. The summed E-state index contributed by atoms with van der Waals surface area (Å²) in [5, 5.41) is 9.03. The van der Waals surface area contributed by atoms with Crippen LogP contribution in [0.15, 0.2) is 48.5 Å². The Bertz CT molecular complexity index is 451. The second-order valence-electron chi connectivity index (χ2n) is 3.45. The van der Waals surface area contributed by atoms with Gasteiger partial charge in [-0.05, 0) is 29.7 Å². The fourth-order valence-corrected chi connectivity index (χ4v) is 1.49. The van der Waals surface area contributed by atoms with E-state index in [1.807, 2.05) is 30.3 Å². The lowest BCUT2D eigenvalue weighted by atomic mass is 10.1. The first-order valence-electron chi connectivity index (χ1n) is 4.77. The first-order chi connectivity index (χ1) is 7.25. The molecule has 0 aliphatic heterocycles. The van der Waals surface area contributed by atoms with Crippen LogP contribution in [-0.4, -0.2) is 5.11 Å². The third-order valence-corrected chi connectivity index (χ3v) is 2.26. The Kier molecular flexibility index (Phi) is 2.68. The monoisotopic (exact) mass is 202 g/mol. The zero-order chi connectivity index (χ0) is 10.7. The van der Waals surface area contributed by atoms with Gasteiger partial charge < -0.3 is 5.11 Å². The molecule has 0 aromatic heterocycles. The van der Waals surface area contributed by atoms with E-state index in [-0.39, 0.29) is 5.75 Å². The molecule has 0 amide bonds. The fraction of sp³-hybridized carbons (Fsp3) is 0.0769. The summed E-state index contributed by atoms with van der Waals surface area (Å²) in [5.74, 6) is -0.866. The van der Waals surface area contributed by atoms with E-state index < -0.39 is 5.82 Å². The van der Waals surface area contributed by atoms with Crippen LogP contribution in [0.3, 0.4) is 0 Å². The van der Waals surface area contributed by atoms with Crippen LogP contribution < -0.4 is 0 Å². The molecule has 0 fully saturated rings. The first-order valence-corrected chi connectivity index (χ1v) is 4.77. The Morgan fingerprint density at radius 1 is 0.933 bits per heavy atom. The summed E-state index contributed by atoms with van der Waals surface area (Å²) in [6.45, 7) is 0. The standard InChI is InChI=1S/C13H11FO/c14-12-9-11(6-7-13(12)15)8-10-4-2-1-3-5-10/h1-7,9,15H,8H2. The van der Waals surface area contributed by atoms with Gasteiger partial charge in [-0.3, -0.25) is 0 Å². The SMILES string of the molecule is Oc1ccc(Cc2ccccc2)cc1F. The molecule has 2 aromatic carbocycles. The van der Waals surface area contributed by atoms with Gasteiger partial charge in [-0.25, -0.2) is 4.39 Å². The molecule has 0 unspecified atom stereocenters. The molecule has 2 rings (SSSR count). The van der Waals surface area contributed by atoms with Crippen LogP contribution in [0.25, 0.3) is 0 Å². The van der Waals surface area contributed by atoms with Gasteiger partial charge in [0.2, 0.25) is 0 Å². The molecule has 0 saturated heterocycles. The molecule has 2 aromatic rings. The zero-order valence-electron chi connectivity index (χ0n) is 8.15. The summed E-state index contributed by atoms with van der Waals surface area (Å²) in [6.07, 6.45) is 0.679. The number of aromatic hydroxyl groups is 1. The van der Waals surface area contributed by atoms with Gasteiger partial charge in [0.25, 0.3) is 0 Å². The lowest BCUT2D eigenvalue weighted by molar-refractivity contribution is 0.432. The van der Waals surface area contributed by atoms with E-state index >= 15 is 0 Å². The lowest BCUT2D eigenvalue weighted by Gasteiger charge is -2.02. The maximum Gasteiger partial charge on any atom is 0.165 e. The van der Waals surface area contributed by atoms with Crippen molar-refractivity contribution in [2.75, 3.05) is 0 Å². The van der Waals surface area contributed by atoms with E-state index in [0.717, 1.165) is 11.1 Å². The first kappa shape index (κ1) is 9.71.